The van der Waals surface area contributed by atoms with E-state index in [2.05, 4.69) is 41.7 Å². The van der Waals surface area contributed by atoms with E-state index in [-0.39, 0.29) is 5.56 Å². The van der Waals surface area contributed by atoms with Crippen LogP contribution in [-0.2, 0) is 13.2 Å². The molecule has 2 aromatic carbocycles. The topological polar surface area (TPSA) is 62.7 Å². The summed E-state index contributed by atoms with van der Waals surface area (Å²) in [5.41, 5.74) is 2.27. The second-order valence-electron chi connectivity index (χ2n) is 6.39. The summed E-state index contributed by atoms with van der Waals surface area (Å²) in [6, 6.07) is 17.3. The van der Waals surface area contributed by atoms with Crippen LogP contribution in [0.1, 0.15) is 28.4 Å². The second-order valence-corrected chi connectivity index (χ2v) is 8.22. The van der Waals surface area contributed by atoms with Gasteiger partial charge in [0, 0.05) is 33.8 Å². The Morgan fingerprint density at radius 1 is 1.07 bits per heavy atom. The van der Waals surface area contributed by atoms with Gasteiger partial charge in [-0.2, -0.15) is 0 Å². The summed E-state index contributed by atoms with van der Waals surface area (Å²) < 4.78 is 8.09. The van der Waals surface area contributed by atoms with Crippen LogP contribution < -0.4 is 9.64 Å². The Morgan fingerprint density at radius 2 is 1.79 bits per heavy atom. The van der Waals surface area contributed by atoms with Crippen molar-refractivity contribution in [1.82, 2.24) is 4.98 Å². The van der Waals surface area contributed by atoms with Gasteiger partial charge in [-0.25, -0.2) is 9.78 Å². The molecular weight excluding hydrogens is 500 g/mol. The first-order valence-electron chi connectivity index (χ1n) is 9.06. The number of nitrogens with zero attached hydrogens (tertiary/aromatic N) is 2. The zero-order valence-corrected chi connectivity index (χ0v) is 19.0. The smallest absolute Gasteiger partial charge is 0.337 e. The zero-order chi connectivity index (χ0) is 20.8. The van der Waals surface area contributed by atoms with Crippen molar-refractivity contribution in [2.45, 2.75) is 20.1 Å². The van der Waals surface area contributed by atoms with Crippen LogP contribution in [0.4, 0.5) is 5.82 Å². The maximum absolute atomic E-state index is 11.1. The van der Waals surface area contributed by atoms with E-state index in [1.165, 1.54) is 6.20 Å². The normalized spacial score (nSPS) is 10.6. The first kappa shape index (κ1) is 21.3. The number of anilines is 1. The third-order valence-electron chi connectivity index (χ3n) is 4.39. The third-order valence-corrected chi connectivity index (χ3v) is 5.41. The number of carbonyl (C=O) groups is 1. The predicted molar refractivity (Wildman–Crippen MR) is 121 cm³/mol. The number of benzene rings is 2. The first-order chi connectivity index (χ1) is 14.0. The summed E-state index contributed by atoms with van der Waals surface area (Å²) in [4.78, 5) is 17.4. The van der Waals surface area contributed by atoms with E-state index >= 15 is 0 Å². The lowest BCUT2D eigenvalue weighted by atomic mass is 10.1. The maximum atomic E-state index is 11.1. The number of rotatable bonds is 8. The average molecular weight is 520 g/mol. The summed E-state index contributed by atoms with van der Waals surface area (Å²) in [5, 5.41) is 9.06. The molecule has 0 saturated carbocycles. The van der Waals surface area contributed by atoms with Gasteiger partial charge in [0.15, 0.2) is 0 Å². The van der Waals surface area contributed by atoms with Crippen molar-refractivity contribution in [1.29, 1.82) is 0 Å². The lowest BCUT2D eigenvalue weighted by Gasteiger charge is -2.23. The van der Waals surface area contributed by atoms with Gasteiger partial charge in [0.1, 0.15) is 18.2 Å². The van der Waals surface area contributed by atoms with Gasteiger partial charge in [0.25, 0.3) is 0 Å². The van der Waals surface area contributed by atoms with E-state index in [4.69, 9.17) is 9.84 Å². The Hall–Kier alpha value is -2.38. The average Bonchev–Trinajstić information content (AvgIpc) is 2.72. The number of hydrogen-bond donors (Lipinski definition) is 1. The lowest BCUT2D eigenvalue weighted by molar-refractivity contribution is 0.0696. The number of pyridine rings is 1. The van der Waals surface area contributed by atoms with Crippen LogP contribution in [0.2, 0.25) is 0 Å². The molecule has 0 bridgehead atoms. The molecule has 29 heavy (non-hydrogen) atoms. The molecule has 1 heterocycles. The molecule has 0 spiro atoms. The van der Waals surface area contributed by atoms with Gasteiger partial charge in [-0.15, -0.1) is 0 Å². The standard InChI is InChI=1S/C22H20Br2N2O3/c1-2-26(21-10-5-16(12-25-21)22(27)28)13-17-11-19(24)8-9-20(17)29-14-15-3-6-18(23)7-4-15/h3-12H,2,13-14H2,1H3,(H,27,28). The predicted octanol–water partition coefficient (Wildman–Crippen LogP) is 5.91. The molecule has 3 rings (SSSR count). The van der Waals surface area contributed by atoms with Crippen molar-refractivity contribution in [2.24, 2.45) is 0 Å². The highest BCUT2D eigenvalue weighted by atomic mass is 79.9. The Balaban J connectivity index is 1.78. The van der Waals surface area contributed by atoms with Crippen LogP contribution in [0.3, 0.4) is 0 Å². The molecular formula is C22H20Br2N2O3. The van der Waals surface area contributed by atoms with Gasteiger partial charge in [0.05, 0.1) is 5.56 Å². The summed E-state index contributed by atoms with van der Waals surface area (Å²) in [6.07, 6.45) is 1.38. The minimum absolute atomic E-state index is 0.172. The van der Waals surface area contributed by atoms with E-state index in [0.717, 1.165) is 38.2 Å². The Bertz CT molecular complexity index is 976. The summed E-state index contributed by atoms with van der Waals surface area (Å²) in [7, 11) is 0. The number of carboxylic acids is 1. The molecule has 3 aromatic rings. The van der Waals surface area contributed by atoms with Crippen LogP contribution in [-0.4, -0.2) is 22.6 Å². The number of aromatic nitrogens is 1. The van der Waals surface area contributed by atoms with Crippen molar-refractivity contribution < 1.29 is 14.6 Å². The highest BCUT2D eigenvalue weighted by molar-refractivity contribution is 9.10. The molecule has 7 heteroatoms. The van der Waals surface area contributed by atoms with E-state index in [0.29, 0.717) is 13.2 Å². The van der Waals surface area contributed by atoms with Crippen LogP contribution in [0.5, 0.6) is 5.75 Å². The third kappa shape index (κ3) is 5.81. The molecule has 0 amide bonds. The largest absolute Gasteiger partial charge is 0.489 e. The fourth-order valence-electron chi connectivity index (χ4n) is 2.81. The summed E-state index contributed by atoms with van der Waals surface area (Å²) >= 11 is 6.97. The van der Waals surface area contributed by atoms with Gasteiger partial charge >= 0.3 is 5.97 Å². The minimum atomic E-state index is -0.984. The number of carboxylic acid groups (broad SMARTS) is 1. The van der Waals surface area contributed by atoms with Crippen LogP contribution in [0.25, 0.3) is 0 Å². The highest BCUT2D eigenvalue weighted by Crippen LogP contribution is 2.27. The van der Waals surface area contributed by atoms with Gasteiger partial charge in [0.2, 0.25) is 0 Å². The Morgan fingerprint density at radius 3 is 2.41 bits per heavy atom. The number of halogens is 2. The van der Waals surface area contributed by atoms with Gasteiger partial charge < -0.3 is 14.7 Å². The molecule has 0 atom stereocenters. The molecule has 1 aromatic heterocycles. The number of hydrogen-bond acceptors (Lipinski definition) is 4. The summed E-state index contributed by atoms with van der Waals surface area (Å²) in [5.74, 6) is 0.538. The van der Waals surface area contributed by atoms with Crippen molar-refractivity contribution >= 4 is 43.6 Å². The molecule has 0 aliphatic rings. The molecule has 0 aliphatic carbocycles. The lowest BCUT2D eigenvalue weighted by Crippen LogP contribution is -2.23. The van der Waals surface area contributed by atoms with Crippen molar-refractivity contribution in [3.8, 4) is 5.75 Å². The zero-order valence-electron chi connectivity index (χ0n) is 15.8. The molecule has 0 unspecified atom stereocenters. The highest BCUT2D eigenvalue weighted by Gasteiger charge is 2.13. The van der Waals surface area contributed by atoms with E-state index in [9.17, 15) is 4.79 Å². The maximum Gasteiger partial charge on any atom is 0.337 e. The molecule has 1 N–H and O–H groups in total. The van der Waals surface area contributed by atoms with Crippen molar-refractivity contribution in [3.63, 3.8) is 0 Å². The number of ether oxygens (including phenoxy) is 1. The molecule has 5 nitrogen and oxygen atoms in total. The van der Waals surface area contributed by atoms with Gasteiger partial charge in [-0.05, 0) is 55.0 Å². The molecule has 0 fully saturated rings. The second kappa shape index (κ2) is 9.89. The number of aromatic carboxylic acids is 1. The SMILES string of the molecule is CCN(Cc1cc(Br)ccc1OCc1ccc(Br)cc1)c1ccc(C(=O)O)cn1. The Kier molecular flexibility index (Phi) is 7.28. The fourth-order valence-corrected chi connectivity index (χ4v) is 3.49. The van der Waals surface area contributed by atoms with E-state index in [1.54, 1.807) is 12.1 Å². The summed E-state index contributed by atoms with van der Waals surface area (Å²) in [6.45, 7) is 3.82. The van der Waals surface area contributed by atoms with Gasteiger partial charge in [-0.1, -0.05) is 44.0 Å². The molecule has 0 radical (unpaired) electrons. The quantitative estimate of drug-likeness (QED) is 0.400. The minimum Gasteiger partial charge on any atom is -0.489 e. The fraction of sp³-hybridized carbons (Fsp3) is 0.182. The van der Waals surface area contributed by atoms with E-state index < -0.39 is 5.97 Å². The van der Waals surface area contributed by atoms with Crippen LogP contribution in [0.15, 0.2) is 69.7 Å². The van der Waals surface area contributed by atoms with Crippen LogP contribution in [0, 0.1) is 0 Å². The first-order valence-corrected chi connectivity index (χ1v) is 10.6. The molecule has 0 saturated heterocycles. The monoisotopic (exact) mass is 518 g/mol. The van der Waals surface area contributed by atoms with E-state index in [1.807, 2.05) is 49.4 Å². The molecule has 150 valence electrons. The van der Waals surface area contributed by atoms with Crippen molar-refractivity contribution in [2.75, 3.05) is 11.4 Å². The van der Waals surface area contributed by atoms with Crippen LogP contribution >= 0.6 is 31.9 Å². The van der Waals surface area contributed by atoms with Crippen molar-refractivity contribution in [3.05, 3.63) is 86.4 Å². The van der Waals surface area contributed by atoms with Gasteiger partial charge in [-0.3, -0.25) is 0 Å². The Labute approximate surface area is 186 Å². The molecule has 0 aliphatic heterocycles.